The maximum absolute atomic E-state index is 11.6. The molecular formula is C13H15NO3. The fourth-order valence-electron chi connectivity index (χ4n) is 1.30. The zero-order valence-electron chi connectivity index (χ0n) is 9.90. The number of ether oxygens (including phenoxy) is 1. The topological polar surface area (TPSA) is 55.4 Å². The fraction of sp³-hybridized carbons (Fsp3) is 0.231. The molecule has 0 saturated carbocycles. The third-order valence-corrected chi connectivity index (χ3v) is 2.00. The fourth-order valence-corrected chi connectivity index (χ4v) is 1.30. The van der Waals surface area contributed by atoms with E-state index in [0.717, 1.165) is 0 Å². The van der Waals surface area contributed by atoms with Gasteiger partial charge in [-0.3, -0.25) is 4.79 Å². The molecule has 1 N–H and O–H groups in total. The Balaban J connectivity index is 2.91. The molecule has 1 amide bonds. The van der Waals surface area contributed by atoms with Crippen molar-refractivity contribution >= 4 is 17.6 Å². The Bertz CT molecular complexity index is 438. The summed E-state index contributed by atoms with van der Waals surface area (Å²) in [7, 11) is 0. The number of rotatable bonds is 4. The summed E-state index contributed by atoms with van der Waals surface area (Å²) in [6, 6.07) is 6.74. The molecule has 0 bridgehead atoms. The molecular weight excluding hydrogens is 218 g/mol. The van der Waals surface area contributed by atoms with Crippen molar-refractivity contribution in [3.05, 3.63) is 42.0 Å². The van der Waals surface area contributed by atoms with Crippen molar-refractivity contribution in [2.45, 2.75) is 13.8 Å². The Kier molecular flexibility index (Phi) is 4.94. The van der Waals surface area contributed by atoms with E-state index >= 15 is 0 Å². The highest BCUT2D eigenvalue weighted by molar-refractivity contribution is 6.04. The normalized spacial score (nSPS) is 10.2. The van der Waals surface area contributed by atoms with Gasteiger partial charge in [0.1, 0.15) is 0 Å². The van der Waals surface area contributed by atoms with E-state index in [9.17, 15) is 9.59 Å². The smallest absolute Gasteiger partial charge is 0.340 e. The number of amides is 1. The summed E-state index contributed by atoms with van der Waals surface area (Å²) in [5.74, 6) is -0.715. The molecule has 0 fully saturated rings. The monoisotopic (exact) mass is 233 g/mol. The van der Waals surface area contributed by atoms with Gasteiger partial charge in [-0.15, -0.1) is 0 Å². The van der Waals surface area contributed by atoms with Crippen molar-refractivity contribution in [3.8, 4) is 0 Å². The number of para-hydroxylation sites is 1. The van der Waals surface area contributed by atoms with Crippen molar-refractivity contribution < 1.29 is 14.3 Å². The minimum atomic E-state index is -0.441. The third kappa shape index (κ3) is 3.75. The van der Waals surface area contributed by atoms with E-state index in [-0.39, 0.29) is 5.91 Å². The van der Waals surface area contributed by atoms with E-state index in [1.54, 1.807) is 44.2 Å². The molecule has 17 heavy (non-hydrogen) atoms. The summed E-state index contributed by atoms with van der Waals surface area (Å²) < 4.78 is 4.90. The zero-order chi connectivity index (χ0) is 12.7. The first-order chi connectivity index (χ1) is 8.19. The molecule has 4 heteroatoms. The van der Waals surface area contributed by atoms with Crippen LogP contribution < -0.4 is 5.32 Å². The molecule has 0 aliphatic rings. The molecule has 0 aliphatic carbocycles. The molecule has 0 aromatic heterocycles. The van der Waals surface area contributed by atoms with Crippen molar-refractivity contribution in [2.75, 3.05) is 11.9 Å². The molecule has 1 aromatic rings. The van der Waals surface area contributed by atoms with Crippen LogP contribution in [-0.4, -0.2) is 18.5 Å². The largest absolute Gasteiger partial charge is 0.462 e. The number of nitrogens with one attached hydrogen (secondary N) is 1. The highest BCUT2D eigenvalue weighted by Crippen LogP contribution is 2.16. The number of hydrogen-bond donors (Lipinski definition) is 1. The van der Waals surface area contributed by atoms with Crippen LogP contribution in [-0.2, 0) is 9.53 Å². The Morgan fingerprint density at radius 2 is 2.06 bits per heavy atom. The summed E-state index contributed by atoms with van der Waals surface area (Å²) in [4.78, 5) is 23.0. The second kappa shape index (κ2) is 6.48. The van der Waals surface area contributed by atoms with Gasteiger partial charge in [-0.05, 0) is 32.1 Å². The van der Waals surface area contributed by atoms with Crippen LogP contribution in [0, 0.1) is 0 Å². The van der Waals surface area contributed by atoms with Gasteiger partial charge in [-0.1, -0.05) is 18.2 Å². The van der Waals surface area contributed by atoms with Gasteiger partial charge in [-0.2, -0.15) is 0 Å². The number of anilines is 1. The maximum Gasteiger partial charge on any atom is 0.340 e. The zero-order valence-corrected chi connectivity index (χ0v) is 9.90. The average Bonchev–Trinajstić information content (AvgIpc) is 2.30. The molecule has 0 radical (unpaired) electrons. The van der Waals surface area contributed by atoms with E-state index in [2.05, 4.69) is 5.32 Å². The standard InChI is InChI=1S/C13H15NO3/c1-3-7-12(15)14-11-9-6-5-8-10(11)13(16)17-4-2/h3,5-9H,4H2,1-2H3,(H,14,15)/b7-3+. The highest BCUT2D eigenvalue weighted by Gasteiger charge is 2.12. The number of hydrogen-bond acceptors (Lipinski definition) is 3. The molecule has 4 nitrogen and oxygen atoms in total. The number of allylic oxidation sites excluding steroid dienone is 1. The van der Waals surface area contributed by atoms with E-state index < -0.39 is 5.97 Å². The molecule has 1 rings (SSSR count). The number of carbonyl (C=O) groups excluding carboxylic acids is 2. The Labute approximate surface area is 100 Å². The van der Waals surface area contributed by atoms with Gasteiger partial charge in [0, 0.05) is 0 Å². The van der Waals surface area contributed by atoms with Gasteiger partial charge in [-0.25, -0.2) is 4.79 Å². The predicted octanol–water partition coefficient (Wildman–Crippen LogP) is 2.38. The van der Waals surface area contributed by atoms with Crippen LogP contribution in [0.1, 0.15) is 24.2 Å². The second-order valence-electron chi connectivity index (χ2n) is 3.26. The average molecular weight is 233 g/mol. The lowest BCUT2D eigenvalue weighted by Gasteiger charge is -2.08. The molecule has 0 saturated heterocycles. The van der Waals surface area contributed by atoms with Crippen LogP contribution in [0.4, 0.5) is 5.69 Å². The number of benzene rings is 1. The van der Waals surface area contributed by atoms with Gasteiger partial charge in [0.05, 0.1) is 17.9 Å². The first-order valence-corrected chi connectivity index (χ1v) is 5.38. The van der Waals surface area contributed by atoms with Crippen LogP contribution >= 0.6 is 0 Å². The molecule has 0 unspecified atom stereocenters. The van der Waals surface area contributed by atoms with Crippen LogP contribution in [0.2, 0.25) is 0 Å². The highest BCUT2D eigenvalue weighted by atomic mass is 16.5. The summed E-state index contributed by atoms with van der Waals surface area (Å²) in [6.07, 6.45) is 3.02. The van der Waals surface area contributed by atoms with Gasteiger partial charge in [0.2, 0.25) is 5.91 Å². The minimum absolute atomic E-state index is 0.274. The van der Waals surface area contributed by atoms with Crippen molar-refractivity contribution in [3.63, 3.8) is 0 Å². The lowest BCUT2D eigenvalue weighted by atomic mass is 10.2. The Morgan fingerprint density at radius 1 is 1.35 bits per heavy atom. The number of carbonyl (C=O) groups is 2. The molecule has 1 aromatic carbocycles. The first kappa shape index (κ1) is 13.0. The Morgan fingerprint density at radius 3 is 2.71 bits per heavy atom. The van der Waals surface area contributed by atoms with E-state index in [0.29, 0.717) is 17.9 Å². The third-order valence-electron chi connectivity index (χ3n) is 2.00. The van der Waals surface area contributed by atoms with Crippen LogP contribution in [0.5, 0.6) is 0 Å². The van der Waals surface area contributed by atoms with Gasteiger partial charge < -0.3 is 10.1 Å². The predicted molar refractivity (Wildman–Crippen MR) is 65.8 cm³/mol. The minimum Gasteiger partial charge on any atom is -0.462 e. The van der Waals surface area contributed by atoms with E-state index in [1.165, 1.54) is 6.08 Å². The van der Waals surface area contributed by atoms with Crippen molar-refractivity contribution in [1.29, 1.82) is 0 Å². The molecule has 90 valence electrons. The SMILES string of the molecule is C/C=C/C(=O)Nc1ccccc1C(=O)OCC. The second-order valence-corrected chi connectivity index (χ2v) is 3.26. The van der Waals surface area contributed by atoms with E-state index in [1.807, 2.05) is 0 Å². The first-order valence-electron chi connectivity index (χ1n) is 5.38. The van der Waals surface area contributed by atoms with Crippen LogP contribution in [0.3, 0.4) is 0 Å². The van der Waals surface area contributed by atoms with Gasteiger partial charge in [0.25, 0.3) is 0 Å². The molecule has 0 aliphatic heterocycles. The Hall–Kier alpha value is -2.10. The molecule has 0 spiro atoms. The number of esters is 1. The maximum atomic E-state index is 11.6. The van der Waals surface area contributed by atoms with Gasteiger partial charge >= 0.3 is 5.97 Å². The summed E-state index contributed by atoms with van der Waals surface area (Å²) in [5.41, 5.74) is 0.807. The quantitative estimate of drug-likeness (QED) is 0.641. The van der Waals surface area contributed by atoms with Crippen molar-refractivity contribution in [1.82, 2.24) is 0 Å². The van der Waals surface area contributed by atoms with E-state index in [4.69, 9.17) is 4.74 Å². The van der Waals surface area contributed by atoms with Crippen molar-refractivity contribution in [2.24, 2.45) is 0 Å². The van der Waals surface area contributed by atoms with Gasteiger partial charge in [0.15, 0.2) is 0 Å². The summed E-state index contributed by atoms with van der Waals surface area (Å²) in [5, 5.41) is 2.62. The lowest BCUT2D eigenvalue weighted by molar-refractivity contribution is -0.111. The summed E-state index contributed by atoms with van der Waals surface area (Å²) >= 11 is 0. The van der Waals surface area contributed by atoms with Crippen LogP contribution in [0.15, 0.2) is 36.4 Å². The molecule has 0 atom stereocenters. The summed E-state index contributed by atoms with van der Waals surface area (Å²) in [6.45, 7) is 3.78. The van der Waals surface area contributed by atoms with Crippen LogP contribution in [0.25, 0.3) is 0 Å². The molecule has 0 heterocycles. The lowest BCUT2D eigenvalue weighted by Crippen LogP contribution is -2.13.